The van der Waals surface area contributed by atoms with Crippen molar-refractivity contribution in [2.75, 3.05) is 5.32 Å². The first kappa shape index (κ1) is 12.3. The Kier molecular flexibility index (Phi) is 4.60. The van der Waals surface area contributed by atoms with Crippen LogP contribution in [0, 0.1) is 17.8 Å². The van der Waals surface area contributed by atoms with Gasteiger partial charge in [-0.25, -0.2) is 0 Å². The molecular weight excluding hydrogens is 198 g/mol. The molecule has 0 fully saturated rings. The summed E-state index contributed by atoms with van der Waals surface area (Å²) in [4.78, 5) is 11.4. The molecular formula is C14H17NO. The van der Waals surface area contributed by atoms with Gasteiger partial charge < -0.3 is 5.32 Å². The molecule has 2 heteroatoms. The maximum Gasteiger partial charge on any atom is 0.300 e. The smallest absolute Gasteiger partial charge is 0.300 e. The van der Waals surface area contributed by atoms with E-state index in [-0.39, 0.29) is 5.91 Å². The molecule has 0 aliphatic heterocycles. The fourth-order valence-corrected chi connectivity index (χ4v) is 1.53. The van der Waals surface area contributed by atoms with Gasteiger partial charge in [-0.1, -0.05) is 38.0 Å². The van der Waals surface area contributed by atoms with E-state index in [0.29, 0.717) is 5.92 Å². The molecule has 0 radical (unpaired) electrons. The van der Waals surface area contributed by atoms with E-state index in [4.69, 9.17) is 0 Å². The Morgan fingerprint density at radius 2 is 2.06 bits per heavy atom. The highest BCUT2D eigenvalue weighted by Crippen LogP contribution is 2.18. The first-order valence-electron chi connectivity index (χ1n) is 5.45. The van der Waals surface area contributed by atoms with Crippen LogP contribution in [0.5, 0.6) is 0 Å². The van der Waals surface area contributed by atoms with Crippen LogP contribution in [0.1, 0.15) is 26.3 Å². The predicted octanol–water partition coefficient (Wildman–Crippen LogP) is 2.85. The molecule has 0 saturated heterocycles. The quantitative estimate of drug-likeness (QED) is 0.772. The third kappa shape index (κ3) is 3.78. The molecule has 16 heavy (non-hydrogen) atoms. The van der Waals surface area contributed by atoms with Crippen LogP contribution in [0.3, 0.4) is 0 Å². The van der Waals surface area contributed by atoms with Crippen LogP contribution in [0.15, 0.2) is 24.3 Å². The number of nitrogens with one attached hydrogen (secondary N) is 1. The summed E-state index contributed by atoms with van der Waals surface area (Å²) in [6.07, 6.45) is 0.954. The molecule has 1 amide bonds. The van der Waals surface area contributed by atoms with Crippen molar-refractivity contribution in [3.05, 3.63) is 29.8 Å². The maximum absolute atomic E-state index is 11.4. The van der Waals surface area contributed by atoms with Crippen LogP contribution in [-0.4, -0.2) is 5.91 Å². The highest BCUT2D eigenvalue weighted by atomic mass is 16.1. The van der Waals surface area contributed by atoms with E-state index >= 15 is 0 Å². The molecule has 0 heterocycles. The standard InChI is InChI=1S/C14H17NO/c1-4-7-14(16)15-13-9-6-5-8-12(13)10-11(2)3/h5-6,8-9,11H,10H2,1-3H3,(H,15,16). The molecule has 2 nitrogen and oxygen atoms in total. The van der Waals surface area contributed by atoms with Crippen molar-refractivity contribution >= 4 is 11.6 Å². The molecule has 1 aromatic carbocycles. The molecule has 1 rings (SSSR count). The monoisotopic (exact) mass is 215 g/mol. The van der Waals surface area contributed by atoms with Crippen LogP contribution in [-0.2, 0) is 11.2 Å². The summed E-state index contributed by atoms with van der Waals surface area (Å²) in [6, 6.07) is 7.85. The minimum absolute atomic E-state index is 0.251. The topological polar surface area (TPSA) is 29.1 Å². The molecule has 0 unspecified atom stereocenters. The van der Waals surface area contributed by atoms with E-state index < -0.39 is 0 Å². The molecule has 84 valence electrons. The second-order valence-electron chi connectivity index (χ2n) is 4.08. The van der Waals surface area contributed by atoms with E-state index in [1.807, 2.05) is 24.3 Å². The number of amides is 1. The summed E-state index contributed by atoms with van der Waals surface area (Å²) in [6.45, 7) is 5.97. The number of rotatable bonds is 3. The molecule has 1 N–H and O–H groups in total. The predicted molar refractivity (Wildman–Crippen MR) is 67.1 cm³/mol. The fourth-order valence-electron chi connectivity index (χ4n) is 1.53. The number of anilines is 1. The number of benzene rings is 1. The van der Waals surface area contributed by atoms with Gasteiger partial charge in [-0.3, -0.25) is 4.79 Å². The average Bonchev–Trinajstić information content (AvgIpc) is 2.20. The van der Waals surface area contributed by atoms with Gasteiger partial charge in [0, 0.05) is 5.69 Å². The lowest BCUT2D eigenvalue weighted by molar-refractivity contribution is -0.111. The molecule has 1 aromatic rings. The summed E-state index contributed by atoms with van der Waals surface area (Å²) in [5, 5.41) is 2.80. The van der Waals surface area contributed by atoms with Gasteiger partial charge in [-0.2, -0.15) is 0 Å². The van der Waals surface area contributed by atoms with E-state index in [2.05, 4.69) is 31.0 Å². The van der Waals surface area contributed by atoms with Crippen molar-refractivity contribution in [3.8, 4) is 11.8 Å². The Morgan fingerprint density at radius 1 is 1.38 bits per heavy atom. The van der Waals surface area contributed by atoms with E-state index in [1.165, 1.54) is 0 Å². The minimum atomic E-state index is -0.251. The van der Waals surface area contributed by atoms with Crippen molar-refractivity contribution in [1.29, 1.82) is 0 Å². The molecule has 0 aliphatic rings. The van der Waals surface area contributed by atoms with Gasteiger partial charge in [-0.15, -0.1) is 0 Å². The third-order valence-corrected chi connectivity index (χ3v) is 2.13. The van der Waals surface area contributed by atoms with Gasteiger partial charge in [0.05, 0.1) is 0 Å². The van der Waals surface area contributed by atoms with Gasteiger partial charge >= 0.3 is 0 Å². The highest BCUT2D eigenvalue weighted by molar-refractivity contribution is 6.04. The maximum atomic E-state index is 11.4. The largest absolute Gasteiger partial charge is 0.315 e. The zero-order valence-electron chi connectivity index (χ0n) is 10.0. The van der Waals surface area contributed by atoms with Gasteiger partial charge in [0.25, 0.3) is 5.91 Å². The minimum Gasteiger partial charge on any atom is -0.315 e. The Labute approximate surface area is 97.1 Å². The van der Waals surface area contributed by atoms with Crippen molar-refractivity contribution in [1.82, 2.24) is 0 Å². The van der Waals surface area contributed by atoms with Crippen molar-refractivity contribution in [2.24, 2.45) is 5.92 Å². The normalized spacial score (nSPS) is 9.50. The van der Waals surface area contributed by atoms with E-state index in [9.17, 15) is 4.79 Å². The SMILES string of the molecule is CC#CC(=O)Nc1ccccc1CC(C)C. The number of carbonyl (C=O) groups is 1. The fraction of sp³-hybridized carbons (Fsp3) is 0.357. The van der Waals surface area contributed by atoms with E-state index in [1.54, 1.807) is 6.92 Å². The number of hydrogen-bond acceptors (Lipinski definition) is 1. The van der Waals surface area contributed by atoms with Crippen LogP contribution >= 0.6 is 0 Å². The summed E-state index contributed by atoms with van der Waals surface area (Å²) >= 11 is 0. The van der Waals surface area contributed by atoms with Crippen LogP contribution < -0.4 is 5.32 Å². The second kappa shape index (κ2) is 5.97. The average molecular weight is 215 g/mol. The molecule has 0 aromatic heterocycles. The molecule has 0 atom stereocenters. The third-order valence-electron chi connectivity index (χ3n) is 2.13. The van der Waals surface area contributed by atoms with Gasteiger partial charge in [-0.05, 0) is 36.8 Å². The van der Waals surface area contributed by atoms with Crippen molar-refractivity contribution in [3.63, 3.8) is 0 Å². The zero-order valence-corrected chi connectivity index (χ0v) is 10.0. The van der Waals surface area contributed by atoms with Crippen LogP contribution in [0.25, 0.3) is 0 Å². The highest BCUT2D eigenvalue weighted by Gasteiger charge is 2.05. The summed E-state index contributed by atoms with van der Waals surface area (Å²) in [5.41, 5.74) is 2.02. The Morgan fingerprint density at radius 3 is 2.69 bits per heavy atom. The lowest BCUT2D eigenvalue weighted by Gasteiger charge is -2.10. The van der Waals surface area contributed by atoms with Crippen LogP contribution in [0.2, 0.25) is 0 Å². The number of para-hydroxylation sites is 1. The van der Waals surface area contributed by atoms with Gasteiger partial charge in [0.1, 0.15) is 0 Å². The first-order valence-corrected chi connectivity index (χ1v) is 5.45. The lowest BCUT2D eigenvalue weighted by Crippen LogP contribution is -2.11. The lowest BCUT2D eigenvalue weighted by atomic mass is 10.0. The summed E-state index contributed by atoms with van der Waals surface area (Å²) < 4.78 is 0. The number of hydrogen-bond donors (Lipinski definition) is 1. The molecule has 0 bridgehead atoms. The van der Waals surface area contributed by atoms with Crippen molar-refractivity contribution < 1.29 is 4.79 Å². The van der Waals surface area contributed by atoms with Gasteiger partial charge in [0.2, 0.25) is 0 Å². The van der Waals surface area contributed by atoms with Gasteiger partial charge in [0.15, 0.2) is 0 Å². The zero-order chi connectivity index (χ0) is 12.0. The molecule has 0 aliphatic carbocycles. The second-order valence-corrected chi connectivity index (χ2v) is 4.08. The van der Waals surface area contributed by atoms with Crippen LogP contribution in [0.4, 0.5) is 5.69 Å². The van der Waals surface area contributed by atoms with E-state index in [0.717, 1.165) is 17.7 Å². The Bertz CT molecular complexity index is 424. The Balaban J connectivity index is 2.85. The summed E-state index contributed by atoms with van der Waals surface area (Å²) in [5.74, 6) is 5.37. The number of carbonyl (C=O) groups excluding carboxylic acids is 1. The first-order chi connectivity index (χ1) is 7.63. The molecule has 0 saturated carbocycles. The molecule has 0 spiro atoms. The Hall–Kier alpha value is -1.75. The summed E-state index contributed by atoms with van der Waals surface area (Å²) in [7, 11) is 0. The van der Waals surface area contributed by atoms with Crippen molar-refractivity contribution in [2.45, 2.75) is 27.2 Å².